The molecule has 1 amide bonds. The van der Waals surface area contributed by atoms with Crippen LogP contribution in [0.1, 0.15) is 31.8 Å². The Morgan fingerprint density at radius 1 is 1.50 bits per heavy atom. The van der Waals surface area contributed by atoms with Crippen molar-refractivity contribution in [3.8, 4) is 0 Å². The third-order valence-electron chi connectivity index (χ3n) is 2.40. The van der Waals surface area contributed by atoms with Crippen LogP contribution in [0.4, 0.5) is 0 Å². The second kappa shape index (κ2) is 6.33. The van der Waals surface area contributed by atoms with Crippen molar-refractivity contribution < 1.29 is 9.21 Å². The molecule has 4 heteroatoms. The number of rotatable bonds is 6. The van der Waals surface area contributed by atoms with Crippen LogP contribution in [-0.2, 0) is 11.3 Å². The summed E-state index contributed by atoms with van der Waals surface area (Å²) < 4.78 is 5.37. The average Bonchev–Trinajstić information content (AvgIpc) is 2.64. The molecule has 0 aliphatic carbocycles. The average molecular weight is 224 g/mol. The number of carbonyl (C=O) groups is 1. The summed E-state index contributed by atoms with van der Waals surface area (Å²) in [6.07, 6.45) is 0.948. The maximum absolute atomic E-state index is 11.4. The van der Waals surface area contributed by atoms with Crippen LogP contribution >= 0.6 is 0 Å². The quantitative estimate of drug-likeness (QED) is 0.771. The van der Waals surface area contributed by atoms with Gasteiger partial charge in [-0.3, -0.25) is 4.79 Å². The standard InChI is InChI=1S/C12H20N2O2/c1-4-9(2)14-12(15)8-13-7-11-6-5-10(3)16-11/h5-6,9,13H,4,7-8H2,1-3H3,(H,14,15). The Morgan fingerprint density at radius 3 is 2.81 bits per heavy atom. The lowest BCUT2D eigenvalue weighted by Crippen LogP contribution is -2.38. The van der Waals surface area contributed by atoms with Gasteiger partial charge in [0.25, 0.3) is 0 Å². The van der Waals surface area contributed by atoms with Crippen LogP contribution in [0.2, 0.25) is 0 Å². The summed E-state index contributed by atoms with van der Waals surface area (Å²) >= 11 is 0. The molecule has 0 bridgehead atoms. The van der Waals surface area contributed by atoms with E-state index in [1.165, 1.54) is 0 Å². The van der Waals surface area contributed by atoms with E-state index >= 15 is 0 Å². The van der Waals surface area contributed by atoms with Crippen LogP contribution < -0.4 is 10.6 Å². The van der Waals surface area contributed by atoms with Gasteiger partial charge in [-0.05, 0) is 32.4 Å². The van der Waals surface area contributed by atoms with Crippen LogP contribution in [0.25, 0.3) is 0 Å². The fourth-order valence-electron chi connectivity index (χ4n) is 1.31. The van der Waals surface area contributed by atoms with E-state index in [9.17, 15) is 4.79 Å². The van der Waals surface area contributed by atoms with E-state index in [2.05, 4.69) is 10.6 Å². The number of hydrogen-bond acceptors (Lipinski definition) is 3. The first-order valence-electron chi connectivity index (χ1n) is 5.67. The van der Waals surface area contributed by atoms with Crippen molar-refractivity contribution in [3.63, 3.8) is 0 Å². The number of hydrogen-bond donors (Lipinski definition) is 2. The molecule has 0 saturated heterocycles. The molecule has 16 heavy (non-hydrogen) atoms. The normalized spacial score (nSPS) is 12.4. The zero-order valence-corrected chi connectivity index (χ0v) is 10.2. The minimum absolute atomic E-state index is 0.0256. The summed E-state index contributed by atoms with van der Waals surface area (Å²) in [5, 5.41) is 5.93. The first-order chi connectivity index (χ1) is 7.61. The molecule has 2 N–H and O–H groups in total. The molecule has 0 saturated carbocycles. The van der Waals surface area contributed by atoms with Crippen molar-refractivity contribution in [1.82, 2.24) is 10.6 Å². The fraction of sp³-hybridized carbons (Fsp3) is 0.583. The molecule has 0 spiro atoms. The molecule has 0 radical (unpaired) electrons. The maximum atomic E-state index is 11.4. The second-order valence-electron chi connectivity index (χ2n) is 3.99. The van der Waals surface area contributed by atoms with Crippen LogP contribution in [0, 0.1) is 6.92 Å². The zero-order chi connectivity index (χ0) is 12.0. The highest BCUT2D eigenvalue weighted by molar-refractivity contribution is 5.78. The van der Waals surface area contributed by atoms with Gasteiger partial charge in [0.1, 0.15) is 11.5 Å². The van der Waals surface area contributed by atoms with Gasteiger partial charge in [0.05, 0.1) is 13.1 Å². The van der Waals surface area contributed by atoms with Crippen molar-refractivity contribution in [1.29, 1.82) is 0 Å². The Bertz CT molecular complexity index is 334. The van der Waals surface area contributed by atoms with Gasteiger partial charge in [-0.1, -0.05) is 6.92 Å². The van der Waals surface area contributed by atoms with Gasteiger partial charge in [0.15, 0.2) is 0 Å². The lowest BCUT2D eigenvalue weighted by atomic mass is 10.2. The van der Waals surface area contributed by atoms with E-state index in [1.807, 2.05) is 32.9 Å². The molecule has 1 heterocycles. The first-order valence-corrected chi connectivity index (χ1v) is 5.67. The van der Waals surface area contributed by atoms with Crippen LogP contribution in [-0.4, -0.2) is 18.5 Å². The highest BCUT2D eigenvalue weighted by Gasteiger charge is 2.05. The fourth-order valence-corrected chi connectivity index (χ4v) is 1.31. The highest BCUT2D eigenvalue weighted by atomic mass is 16.3. The topological polar surface area (TPSA) is 54.3 Å². The molecular weight excluding hydrogens is 204 g/mol. The Labute approximate surface area is 96.4 Å². The summed E-state index contributed by atoms with van der Waals surface area (Å²) in [5.41, 5.74) is 0. The van der Waals surface area contributed by atoms with Crippen molar-refractivity contribution in [2.45, 2.75) is 39.8 Å². The van der Waals surface area contributed by atoms with Gasteiger partial charge in [0.2, 0.25) is 5.91 Å². The zero-order valence-electron chi connectivity index (χ0n) is 10.2. The van der Waals surface area contributed by atoms with E-state index in [0.29, 0.717) is 13.1 Å². The van der Waals surface area contributed by atoms with Gasteiger partial charge in [-0.2, -0.15) is 0 Å². The van der Waals surface area contributed by atoms with Crippen LogP contribution in [0.5, 0.6) is 0 Å². The van der Waals surface area contributed by atoms with Gasteiger partial charge >= 0.3 is 0 Å². The molecule has 0 aliphatic heterocycles. The summed E-state index contributed by atoms with van der Waals surface area (Å²) in [4.78, 5) is 11.4. The van der Waals surface area contributed by atoms with Gasteiger partial charge in [-0.25, -0.2) is 0 Å². The smallest absolute Gasteiger partial charge is 0.234 e. The molecule has 4 nitrogen and oxygen atoms in total. The third-order valence-corrected chi connectivity index (χ3v) is 2.40. The number of amides is 1. The Morgan fingerprint density at radius 2 is 2.25 bits per heavy atom. The van der Waals surface area contributed by atoms with Crippen molar-refractivity contribution in [3.05, 3.63) is 23.7 Å². The molecule has 90 valence electrons. The molecule has 1 aromatic heterocycles. The van der Waals surface area contributed by atoms with Crippen LogP contribution in [0.15, 0.2) is 16.5 Å². The monoisotopic (exact) mass is 224 g/mol. The van der Waals surface area contributed by atoms with E-state index in [-0.39, 0.29) is 11.9 Å². The second-order valence-corrected chi connectivity index (χ2v) is 3.99. The summed E-state index contributed by atoms with van der Waals surface area (Å²) in [6.45, 7) is 6.85. The van der Waals surface area contributed by atoms with Crippen molar-refractivity contribution in [2.75, 3.05) is 6.54 Å². The number of aryl methyl sites for hydroxylation is 1. The molecule has 1 rings (SSSR count). The largest absolute Gasteiger partial charge is 0.465 e. The Hall–Kier alpha value is -1.29. The molecule has 1 unspecified atom stereocenters. The number of carbonyl (C=O) groups excluding carboxylic acids is 1. The van der Waals surface area contributed by atoms with E-state index < -0.39 is 0 Å². The minimum atomic E-state index is 0.0256. The molecule has 0 fully saturated rings. The van der Waals surface area contributed by atoms with Gasteiger partial charge < -0.3 is 15.1 Å². The van der Waals surface area contributed by atoms with Gasteiger partial charge in [0, 0.05) is 6.04 Å². The van der Waals surface area contributed by atoms with E-state index in [4.69, 9.17) is 4.42 Å². The van der Waals surface area contributed by atoms with Crippen molar-refractivity contribution in [2.24, 2.45) is 0 Å². The SMILES string of the molecule is CCC(C)NC(=O)CNCc1ccc(C)o1. The summed E-state index contributed by atoms with van der Waals surface area (Å²) in [6, 6.07) is 4.06. The predicted molar refractivity (Wildman–Crippen MR) is 63.0 cm³/mol. The third kappa shape index (κ3) is 4.49. The van der Waals surface area contributed by atoms with Crippen LogP contribution in [0.3, 0.4) is 0 Å². The van der Waals surface area contributed by atoms with Gasteiger partial charge in [-0.15, -0.1) is 0 Å². The Balaban J connectivity index is 2.18. The summed E-state index contributed by atoms with van der Waals surface area (Å²) in [5.74, 6) is 1.77. The highest BCUT2D eigenvalue weighted by Crippen LogP contribution is 2.04. The van der Waals surface area contributed by atoms with Crippen molar-refractivity contribution >= 4 is 5.91 Å². The Kier molecular flexibility index (Phi) is 5.05. The molecule has 1 atom stereocenters. The first kappa shape index (κ1) is 12.8. The minimum Gasteiger partial charge on any atom is -0.465 e. The lowest BCUT2D eigenvalue weighted by molar-refractivity contribution is -0.120. The molecular formula is C12H20N2O2. The number of nitrogens with one attached hydrogen (secondary N) is 2. The number of furan rings is 1. The molecule has 1 aromatic rings. The van der Waals surface area contributed by atoms with E-state index in [0.717, 1.165) is 17.9 Å². The summed E-state index contributed by atoms with van der Waals surface area (Å²) in [7, 11) is 0. The van der Waals surface area contributed by atoms with E-state index in [1.54, 1.807) is 0 Å². The molecule has 0 aliphatic rings. The molecule has 0 aromatic carbocycles. The maximum Gasteiger partial charge on any atom is 0.234 e. The predicted octanol–water partition coefficient (Wildman–Crippen LogP) is 1.59. The lowest BCUT2D eigenvalue weighted by Gasteiger charge is -2.11.